The van der Waals surface area contributed by atoms with E-state index in [0.29, 0.717) is 33.8 Å². The molecular formula is C23H24ClN5O2S. The number of aryl methyl sites for hydroxylation is 1. The minimum atomic E-state index is -0.381. The molecule has 0 radical (unpaired) electrons. The molecule has 0 unspecified atom stereocenters. The molecule has 3 rings (SSSR count). The average molecular weight is 470 g/mol. The number of nitrogens with one attached hydrogen (secondary N) is 2. The van der Waals surface area contributed by atoms with Crippen molar-refractivity contribution in [3.8, 4) is 0 Å². The fraction of sp³-hybridized carbons (Fsp3) is 0.217. The van der Waals surface area contributed by atoms with Crippen LogP contribution < -0.4 is 10.6 Å². The maximum Gasteiger partial charge on any atom is 0.251 e. The van der Waals surface area contributed by atoms with Crippen LogP contribution in [0, 0.1) is 6.92 Å². The van der Waals surface area contributed by atoms with Crippen LogP contribution >= 0.6 is 23.4 Å². The van der Waals surface area contributed by atoms with Crippen LogP contribution in [-0.2, 0) is 11.3 Å². The zero-order valence-corrected chi connectivity index (χ0v) is 19.4. The number of hydrogen-bond acceptors (Lipinski definition) is 5. The summed E-state index contributed by atoms with van der Waals surface area (Å²) in [5.74, 6) is 0.378. The van der Waals surface area contributed by atoms with Gasteiger partial charge in [-0.25, -0.2) is 0 Å². The fourth-order valence-corrected chi connectivity index (χ4v) is 3.82. The molecule has 0 aliphatic carbocycles. The molecule has 0 spiro atoms. The van der Waals surface area contributed by atoms with Crippen LogP contribution in [0.2, 0.25) is 5.02 Å². The fourth-order valence-electron chi connectivity index (χ4n) is 2.94. The zero-order chi connectivity index (χ0) is 23.1. The Balaban J connectivity index is 1.65. The summed E-state index contributed by atoms with van der Waals surface area (Å²) in [6.45, 7) is 8.06. The Labute approximate surface area is 196 Å². The van der Waals surface area contributed by atoms with Crippen LogP contribution in [0.5, 0.6) is 0 Å². The SMILES string of the molecule is C=CCn1c(SCC(=O)Nc2ccc(Cl)cc2)nnc1[C@H](C)NC(=O)c1ccc(C)cc1. The number of nitrogens with zero attached hydrogens (tertiary/aromatic N) is 3. The van der Waals surface area contributed by atoms with Gasteiger partial charge in [0.15, 0.2) is 11.0 Å². The third-order valence-electron chi connectivity index (χ3n) is 4.57. The van der Waals surface area contributed by atoms with Crippen molar-refractivity contribution in [1.29, 1.82) is 0 Å². The third kappa shape index (κ3) is 6.21. The van der Waals surface area contributed by atoms with Crippen molar-refractivity contribution in [3.05, 3.63) is 83.2 Å². The molecule has 1 aromatic heterocycles. The summed E-state index contributed by atoms with van der Waals surface area (Å²) in [5.41, 5.74) is 2.33. The van der Waals surface area contributed by atoms with Crippen LogP contribution in [0.25, 0.3) is 0 Å². The highest BCUT2D eigenvalue weighted by molar-refractivity contribution is 7.99. The summed E-state index contributed by atoms with van der Waals surface area (Å²) in [5, 5.41) is 15.4. The molecule has 2 amide bonds. The highest BCUT2D eigenvalue weighted by Crippen LogP contribution is 2.22. The van der Waals surface area contributed by atoms with Gasteiger partial charge in [0.1, 0.15) is 0 Å². The summed E-state index contributed by atoms with van der Waals surface area (Å²) >= 11 is 7.13. The van der Waals surface area contributed by atoms with E-state index >= 15 is 0 Å². The Morgan fingerprint density at radius 3 is 2.50 bits per heavy atom. The topological polar surface area (TPSA) is 88.9 Å². The van der Waals surface area contributed by atoms with E-state index in [1.807, 2.05) is 30.5 Å². The number of hydrogen-bond donors (Lipinski definition) is 2. The van der Waals surface area contributed by atoms with Crippen molar-refractivity contribution in [1.82, 2.24) is 20.1 Å². The molecule has 2 aromatic carbocycles. The monoisotopic (exact) mass is 469 g/mol. The van der Waals surface area contributed by atoms with Gasteiger partial charge in [0.25, 0.3) is 5.91 Å². The number of thioether (sulfide) groups is 1. The molecule has 0 aliphatic heterocycles. The number of benzene rings is 2. The van der Waals surface area contributed by atoms with Crippen molar-refractivity contribution < 1.29 is 9.59 Å². The summed E-state index contributed by atoms with van der Waals surface area (Å²) in [7, 11) is 0. The maximum absolute atomic E-state index is 12.6. The lowest BCUT2D eigenvalue weighted by Crippen LogP contribution is -2.28. The van der Waals surface area contributed by atoms with Gasteiger partial charge in [0.05, 0.1) is 11.8 Å². The zero-order valence-electron chi connectivity index (χ0n) is 17.8. The lowest BCUT2D eigenvalue weighted by Gasteiger charge is -2.15. The van der Waals surface area contributed by atoms with Crippen LogP contribution in [-0.4, -0.2) is 32.3 Å². The first kappa shape index (κ1) is 23.6. The van der Waals surface area contributed by atoms with Crippen molar-refractivity contribution in [2.75, 3.05) is 11.1 Å². The molecule has 7 nitrogen and oxygen atoms in total. The number of rotatable bonds is 9. The van der Waals surface area contributed by atoms with E-state index < -0.39 is 0 Å². The Morgan fingerprint density at radius 1 is 1.16 bits per heavy atom. The van der Waals surface area contributed by atoms with Gasteiger partial charge in [-0.2, -0.15) is 0 Å². The van der Waals surface area contributed by atoms with Gasteiger partial charge in [-0.15, -0.1) is 16.8 Å². The second kappa shape index (κ2) is 11.0. The first-order valence-electron chi connectivity index (χ1n) is 9.97. The van der Waals surface area contributed by atoms with Crippen LogP contribution in [0.3, 0.4) is 0 Å². The first-order chi connectivity index (χ1) is 15.4. The Bertz CT molecular complexity index is 1100. The third-order valence-corrected chi connectivity index (χ3v) is 5.78. The second-order valence-corrected chi connectivity index (χ2v) is 8.52. The minimum Gasteiger partial charge on any atom is -0.342 e. The molecule has 0 bridgehead atoms. The largest absolute Gasteiger partial charge is 0.342 e. The molecule has 9 heteroatoms. The van der Waals surface area contributed by atoms with Gasteiger partial charge < -0.3 is 15.2 Å². The molecule has 1 heterocycles. The Kier molecular flexibility index (Phi) is 8.08. The highest BCUT2D eigenvalue weighted by Gasteiger charge is 2.20. The highest BCUT2D eigenvalue weighted by atomic mass is 35.5. The smallest absolute Gasteiger partial charge is 0.251 e. The number of carbonyl (C=O) groups is 2. The number of allylic oxidation sites excluding steroid dienone is 1. The summed E-state index contributed by atoms with van der Waals surface area (Å²) in [4.78, 5) is 24.9. The molecular weight excluding hydrogens is 446 g/mol. The van der Waals surface area contributed by atoms with Crippen molar-refractivity contribution >= 4 is 40.9 Å². The molecule has 2 N–H and O–H groups in total. The van der Waals surface area contributed by atoms with E-state index in [2.05, 4.69) is 27.4 Å². The van der Waals surface area contributed by atoms with E-state index in [4.69, 9.17) is 11.6 Å². The number of anilines is 1. The van der Waals surface area contributed by atoms with Crippen LogP contribution in [0.15, 0.2) is 66.3 Å². The van der Waals surface area contributed by atoms with Crippen LogP contribution in [0.1, 0.15) is 34.7 Å². The molecule has 32 heavy (non-hydrogen) atoms. The maximum atomic E-state index is 12.6. The average Bonchev–Trinajstić information content (AvgIpc) is 3.17. The summed E-state index contributed by atoms with van der Waals surface area (Å²) < 4.78 is 1.84. The number of amides is 2. The number of halogens is 1. The molecule has 3 aromatic rings. The predicted molar refractivity (Wildman–Crippen MR) is 128 cm³/mol. The molecule has 0 saturated carbocycles. The van der Waals surface area contributed by atoms with Gasteiger partial charge in [0, 0.05) is 22.8 Å². The van der Waals surface area contributed by atoms with Gasteiger partial charge in [0.2, 0.25) is 5.91 Å². The summed E-state index contributed by atoms with van der Waals surface area (Å²) in [6.07, 6.45) is 1.72. The molecule has 0 saturated heterocycles. The van der Waals surface area contributed by atoms with E-state index in [1.165, 1.54) is 11.8 Å². The standard InChI is InChI=1S/C23H24ClN5O2S/c1-4-13-29-21(16(3)25-22(31)17-7-5-15(2)6-8-17)27-28-23(29)32-14-20(30)26-19-11-9-18(24)10-12-19/h4-12,16H,1,13-14H2,2-3H3,(H,25,31)(H,26,30)/t16-/m0/s1. The molecule has 0 fully saturated rings. The molecule has 0 aliphatic rings. The minimum absolute atomic E-state index is 0.155. The van der Waals surface area contributed by atoms with E-state index in [-0.39, 0.29) is 23.6 Å². The van der Waals surface area contributed by atoms with E-state index in [1.54, 1.807) is 42.5 Å². The molecule has 166 valence electrons. The van der Waals surface area contributed by atoms with Gasteiger partial charge >= 0.3 is 0 Å². The van der Waals surface area contributed by atoms with Crippen molar-refractivity contribution in [2.45, 2.75) is 31.6 Å². The quantitative estimate of drug-likeness (QED) is 0.352. The van der Waals surface area contributed by atoms with Crippen molar-refractivity contribution in [2.24, 2.45) is 0 Å². The van der Waals surface area contributed by atoms with Gasteiger partial charge in [-0.3, -0.25) is 9.59 Å². The van der Waals surface area contributed by atoms with Gasteiger partial charge in [-0.05, 0) is 50.2 Å². The lowest BCUT2D eigenvalue weighted by atomic mass is 10.1. The van der Waals surface area contributed by atoms with E-state index in [0.717, 1.165) is 5.56 Å². The summed E-state index contributed by atoms with van der Waals surface area (Å²) in [6, 6.07) is 13.9. The molecule has 1 atom stereocenters. The van der Waals surface area contributed by atoms with Gasteiger partial charge in [-0.1, -0.05) is 47.1 Å². The van der Waals surface area contributed by atoms with Crippen molar-refractivity contribution in [3.63, 3.8) is 0 Å². The predicted octanol–water partition coefficient (Wildman–Crippen LogP) is 4.65. The number of carbonyl (C=O) groups excluding carboxylic acids is 2. The lowest BCUT2D eigenvalue weighted by molar-refractivity contribution is -0.113. The first-order valence-corrected chi connectivity index (χ1v) is 11.3. The second-order valence-electron chi connectivity index (χ2n) is 7.14. The van der Waals surface area contributed by atoms with E-state index in [9.17, 15) is 9.59 Å². The Hall–Kier alpha value is -3.10. The Morgan fingerprint density at radius 2 is 1.84 bits per heavy atom. The number of aromatic nitrogens is 3. The normalized spacial score (nSPS) is 11.6. The van der Waals surface area contributed by atoms with Crippen LogP contribution in [0.4, 0.5) is 5.69 Å².